The van der Waals surface area contributed by atoms with Gasteiger partial charge in [0.05, 0.1) is 11.7 Å². The fraction of sp³-hybridized carbons (Fsp3) is 0.444. The molecular formula is C18H21N5O2. The quantitative estimate of drug-likeness (QED) is 0.720. The maximum Gasteiger partial charge on any atom is 0.244 e. The third kappa shape index (κ3) is 3.19. The van der Waals surface area contributed by atoms with Crippen LogP contribution in [0.4, 0.5) is 0 Å². The highest BCUT2D eigenvalue weighted by atomic mass is 16.5. The summed E-state index contributed by atoms with van der Waals surface area (Å²) in [6.07, 6.45) is 6.81. The Balaban J connectivity index is 1.58. The molecule has 0 bridgehead atoms. The summed E-state index contributed by atoms with van der Waals surface area (Å²) >= 11 is 0. The summed E-state index contributed by atoms with van der Waals surface area (Å²) in [7, 11) is 0. The van der Waals surface area contributed by atoms with Gasteiger partial charge < -0.3 is 9.05 Å². The first kappa shape index (κ1) is 16.0. The zero-order chi connectivity index (χ0) is 17.2. The van der Waals surface area contributed by atoms with Crippen LogP contribution in [0.15, 0.2) is 33.6 Å². The Kier molecular flexibility index (Phi) is 4.31. The Morgan fingerprint density at radius 1 is 1.12 bits per heavy atom. The molecule has 1 aliphatic rings. The van der Waals surface area contributed by atoms with Crippen molar-refractivity contribution in [1.29, 1.82) is 0 Å². The number of hydrogen-bond donors (Lipinski definition) is 0. The lowest BCUT2D eigenvalue weighted by Gasteiger charge is -2.33. The third-order valence-electron chi connectivity index (χ3n) is 4.82. The minimum absolute atomic E-state index is 0.130. The number of likely N-dealkylation sites (tertiary alicyclic amines) is 1. The van der Waals surface area contributed by atoms with E-state index >= 15 is 0 Å². The van der Waals surface area contributed by atoms with Crippen LogP contribution in [0.5, 0.6) is 0 Å². The van der Waals surface area contributed by atoms with E-state index in [1.807, 2.05) is 26.0 Å². The van der Waals surface area contributed by atoms with E-state index in [1.165, 1.54) is 6.42 Å². The van der Waals surface area contributed by atoms with Crippen molar-refractivity contribution >= 4 is 0 Å². The fourth-order valence-electron chi connectivity index (χ4n) is 3.38. The third-order valence-corrected chi connectivity index (χ3v) is 4.82. The molecule has 0 aliphatic carbocycles. The number of aryl methyl sites for hydroxylation is 2. The van der Waals surface area contributed by atoms with Gasteiger partial charge >= 0.3 is 0 Å². The Morgan fingerprint density at radius 3 is 2.72 bits per heavy atom. The highest BCUT2D eigenvalue weighted by molar-refractivity contribution is 5.52. The van der Waals surface area contributed by atoms with Crippen molar-refractivity contribution in [2.75, 3.05) is 6.54 Å². The smallest absolute Gasteiger partial charge is 0.244 e. The molecule has 0 radical (unpaired) electrons. The van der Waals surface area contributed by atoms with E-state index < -0.39 is 0 Å². The van der Waals surface area contributed by atoms with Crippen molar-refractivity contribution in [2.45, 2.75) is 45.7 Å². The van der Waals surface area contributed by atoms with Crippen LogP contribution in [0, 0.1) is 13.8 Å². The summed E-state index contributed by atoms with van der Waals surface area (Å²) in [6.45, 7) is 5.74. The number of hydrogen-bond acceptors (Lipinski definition) is 7. The monoisotopic (exact) mass is 339 g/mol. The number of nitrogens with zero attached hydrogens (tertiary/aromatic N) is 5. The van der Waals surface area contributed by atoms with Gasteiger partial charge in [0.15, 0.2) is 0 Å². The van der Waals surface area contributed by atoms with Crippen LogP contribution in [0.25, 0.3) is 11.4 Å². The van der Waals surface area contributed by atoms with Crippen molar-refractivity contribution in [3.8, 4) is 11.4 Å². The van der Waals surface area contributed by atoms with Crippen LogP contribution in [0.2, 0.25) is 0 Å². The molecule has 4 heterocycles. The fourth-order valence-corrected chi connectivity index (χ4v) is 3.38. The Bertz CT molecular complexity index is 823. The van der Waals surface area contributed by atoms with Crippen molar-refractivity contribution in [1.82, 2.24) is 25.2 Å². The summed E-state index contributed by atoms with van der Waals surface area (Å²) in [5, 5.41) is 8.22. The first-order valence-electron chi connectivity index (χ1n) is 8.62. The lowest BCUT2D eigenvalue weighted by atomic mass is 10.0. The average molecular weight is 339 g/mol. The maximum atomic E-state index is 5.61. The first-order valence-corrected chi connectivity index (χ1v) is 8.62. The van der Waals surface area contributed by atoms with Crippen molar-refractivity contribution < 1.29 is 9.05 Å². The molecule has 130 valence electrons. The van der Waals surface area contributed by atoms with Crippen LogP contribution in [-0.4, -0.2) is 31.7 Å². The van der Waals surface area contributed by atoms with Gasteiger partial charge in [0.2, 0.25) is 11.7 Å². The van der Waals surface area contributed by atoms with Crippen LogP contribution >= 0.6 is 0 Å². The molecule has 1 saturated heterocycles. The van der Waals surface area contributed by atoms with Gasteiger partial charge in [0.25, 0.3) is 0 Å². The van der Waals surface area contributed by atoms with Crippen LogP contribution in [0.3, 0.4) is 0 Å². The van der Waals surface area contributed by atoms with Gasteiger partial charge in [-0.3, -0.25) is 9.88 Å². The molecular weight excluding hydrogens is 318 g/mol. The second-order valence-electron chi connectivity index (χ2n) is 6.48. The second-order valence-corrected chi connectivity index (χ2v) is 6.48. The first-order chi connectivity index (χ1) is 12.2. The summed E-state index contributed by atoms with van der Waals surface area (Å²) in [5.41, 5.74) is 3.02. The van der Waals surface area contributed by atoms with Crippen LogP contribution in [-0.2, 0) is 6.54 Å². The summed E-state index contributed by atoms with van der Waals surface area (Å²) in [6, 6.07) is 3.90. The van der Waals surface area contributed by atoms with E-state index in [1.54, 1.807) is 12.4 Å². The molecule has 0 aromatic carbocycles. The highest BCUT2D eigenvalue weighted by Crippen LogP contribution is 2.33. The molecule has 0 saturated carbocycles. The van der Waals surface area contributed by atoms with E-state index in [-0.39, 0.29) is 6.04 Å². The van der Waals surface area contributed by atoms with Crippen LogP contribution in [0.1, 0.15) is 48.2 Å². The standard InChI is InChI=1S/C18H21N5O2/c1-12-15(13(2)24-21-12)11-23-10-4-3-5-16(23)18-20-17(22-25-18)14-6-8-19-9-7-14/h6-9,16H,3-5,10-11H2,1-2H3. The zero-order valence-electron chi connectivity index (χ0n) is 14.5. The van der Waals surface area contributed by atoms with Gasteiger partial charge in [-0.15, -0.1) is 0 Å². The SMILES string of the molecule is Cc1noc(C)c1CN1CCCCC1c1nc(-c2ccncc2)no1. The second kappa shape index (κ2) is 6.76. The highest BCUT2D eigenvalue weighted by Gasteiger charge is 2.30. The summed E-state index contributed by atoms with van der Waals surface area (Å²) in [4.78, 5) is 11.1. The van der Waals surface area contributed by atoms with E-state index in [4.69, 9.17) is 9.05 Å². The number of pyridine rings is 1. The van der Waals surface area contributed by atoms with Gasteiger partial charge in [-0.05, 0) is 45.4 Å². The Morgan fingerprint density at radius 2 is 1.96 bits per heavy atom. The lowest BCUT2D eigenvalue weighted by molar-refractivity contribution is 0.111. The maximum absolute atomic E-state index is 5.61. The minimum atomic E-state index is 0.130. The molecule has 1 aliphatic heterocycles. The molecule has 7 heteroatoms. The molecule has 4 rings (SSSR count). The van der Waals surface area contributed by atoms with Crippen molar-refractivity contribution in [3.63, 3.8) is 0 Å². The van der Waals surface area contributed by atoms with Crippen molar-refractivity contribution in [3.05, 3.63) is 47.4 Å². The summed E-state index contributed by atoms with van der Waals surface area (Å²) < 4.78 is 10.9. The Hall–Kier alpha value is -2.54. The molecule has 7 nitrogen and oxygen atoms in total. The molecule has 0 N–H and O–H groups in total. The normalized spacial score (nSPS) is 18.6. The van der Waals surface area contributed by atoms with E-state index in [9.17, 15) is 0 Å². The van der Waals surface area contributed by atoms with Gasteiger partial charge in [-0.1, -0.05) is 16.7 Å². The van der Waals surface area contributed by atoms with E-state index in [0.29, 0.717) is 11.7 Å². The number of aromatic nitrogens is 4. The lowest BCUT2D eigenvalue weighted by Crippen LogP contribution is -2.33. The van der Waals surface area contributed by atoms with Gasteiger partial charge in [0.1, 0.15) is 5.76 Å². The zero-order valence-corrected chi connectivity index (χ0v) is 14.5. The average Bonchev–Trinajstić information content (AvgIpc) is 3.26. The van der Waals surface area contributed by atoms with Crippen LogP contribution < -0.4 is 0 Å². The molecule has 0 spiro atoms. The largest absolute Gasteiger partial charge is 0.361 e. The number of rotatable bonds is 4. The molecule has 3 aromatic heterocycles. The topological polar surface area (TPSA) is 81.1 Å². The van der Waals surface area contributed by atoms with Gasteiger partial charge in [-0.25, -0.2) is 0 Å². The van der Waals surface area contributed by atoms with E-state index in [0.717, 1.165) is 48.5 Å². The molecule has 25 heavy (non-hydrogen) atoms. The summed E-state index contributed by atoms with van der Waals surface area (Å²) in [5.74, 6) is 2.17. The van der Waals surface area contributed by atoms with E-state index in [2.05, 4.69) is 25.2 Å². The number of piperidine rings is 1. The molecule has 1 atom stereocenters. The van der Waals surface area contributed by atoms with Gasteiger partial charge in [-0.2, -0.15) is 4.98 Å². The van der Waals surface area contributed by atoms with Crippen molar-refractivity contribution in [2.24, 2.45) is 0 Å². The molecule has 1 fully saturated rings. The predicted molar refractivity (Wildman–Crippen MR) is 90.5 cm³/mol. The molecule has 1 unspecified atom stereocenters. The molecule has 0 amide bonds. The minimum Gasteiger partial charge on any atom is -0.361 e. The molecule has 3 aromatic rings. The predicted octanol–water partition coefficient (Wildman–Crippen LogP) is 3.46. The Labute approximate surface area is 146 Å². The van der Waals surface area contributed by atoms with Gasteiger partial charge in [0, 0.05) is 30.1 Å².